The SMILES string of the molecule is N#Cc1ccsc1-c1nc(CSc2cccc(Cl)c2)no1. The average molecular weight is 334 g/mol. The van der Waals surface area contributed by atoms with Crippen molar-refractivity contribution in [3.63, 3.8) is 0 Å². The van der Waals surface area contributed by atoms with E-state index in [0.717, 1.165) is 4.90 Å². The number of nitriles is 1. The van der Waals surface area contributed by atoms with E-state index >= 15 is 0 Å². The minimum Gasteiger partial charge on any atom is -0.333 e. The molecule has 0 amide bonds. The summed E-state index contributed by atoms with van der Waals surface area (Å²) < 4.78 is 5.22. The van der Waals surface area contributed by atoms with Gasteiger partial charge in [0.2, 0.25) is 0 Å². The summed E-state index contributed by atoms with van der Waals surface area (Å²) in [6.07, 6.45) is 0. The molecule has 0 bridgehead atoms. The fourth-order valence-corrected chi connectivity index (χ4v) is 3.49. The molecule has 7 heteroatoms. The van der Waals surface area contributed by atoms with E-state index in [1.165, 1.54) is 11.3 Å². The number of thioether (sulfide) groups is 1. The van der Waals surface area contributed by atoms with Crippen molar-refractivity contribution in [2.24, 2.45) is 0 Å². The van der Waals surface area contributed by atoms with Crippen LogP contribution in [0.15, 0.2) is 45.1 Å². The lowest BCUT2D eigenvalue weighted by Crippen LogP contribution is -1.84. The van der Waals surface area contributed by atoms with Gasteiger partial charge >= 0.3 is 0 Å². The highest BCUT2D eigenvalue weighted by molar-refractivity contribution is 7.98. The summed E-state index contributed by atoms with van der Waals surface area (Å²) in [5, 5.41) is 15.5. The predicted molar refractivity (Wildman–Crippen MR) is 83.3 cm³/mol. The molecular weight excluding hydrogens is 326 g/mol. The molecule has 0 saturated carbocycles. The van der Waals surface area contributed by atoms with Crippen LogP contribution in [0.4, 0.5) is 0 Å². The summed E-state index contributed by atoms with van der Waals surface area (Å²) in [6.45, 7) is 0. The number of hydrogen-bond donors (Lipinski definition) is 0. The first kappa shape index (κ1) is 14.1. The fourth-order valence-electron chi connectivity index (χ4n) is 1.67. The van der Waals surface area contributed by atoms with Gasteiger partial charge < -0.3 is 4.52 Å². The minimum absolute atomic E-state index is 0.392. The second-order valence-corrected chi connectivity index (χ2v) is 6.44. The van der Waals surface area contributed by atoms with Gasteiger partial charge in [0.05, 0.1) is 11.3 Å². The monoisotopic (exact) mass is 333 g/mol. The normalized spacial score (nSPS) is 10.5. The Balaban J connectivity index is 1.73. The van der Waals surface area contributed by atoms with Crippen LogP contribution in [0.5, 0.6) is 0 Å². The third-order valence-electron chi connectivity index (χ3n) is 2.61. The van der Waals surface area contributed by atoms with E-state index in [1.807, 2.05) is 29.6 Å². The van der Waals surface area contributed by atoms with Crippen molar-refractivity contribution in [2.75, 3.05) is 0 Å². The molecule has 4 nitrogen and oxygen atoms in total. The Labute approximate surface area is 134 Å². The summed E-state index contributed by atoms with van der Waals surface area (Å²) in [7, 11) is 0. The Morgan fingerprint density at radius 1 is 1.38 bits per heavy atom. The first-order chi connectivity index (χ1) is 10.3. The van der Waals surface area contributed by atoms with Gasteiger partial charge in [-0.1, -0.05) is 22.8 Å². The maximum atomic E-state index is 9.00. The fraction of sp³-hybridized carbons (Fsp3) is 0.0714. The highest BCUT2D eigenvalue weighted by Gasteiger charge is 2.14. The van der Waals surface area contributed by atoms with Gasteiger partial charge in [-0.2, -0.15) is 10.2 Å². The van der Waals surface area contributed by atoms with Crippen molar-refractivity contribution in [1.29, 1.82) is 5.26 Å². The molecule has 0 N–H and O–H groups in total. The zero-order chi connectivity index (χ0) is 14.7. The first-order valence-electron chi connectivity index (χ1n) is 5.95. The number of thiophene rings is 1. The number of rotatable bonds is 4. The van der Waals surface area contributed by atoms with Crippen LogP contribution >= 0.6 is 34.7 Å². The van der Waals surface area contributed by atoms with Gasteiger partial charge in [-0.25, -0.2) is 0 Å². The quantitative estimate of drug-likeness (QED) is 0.652. The topological polar surface area (TPSA) is 62.7 Å². The van der Waals surface area contributed by atoms with Crippen LogP contribution in [-0.2, 0) is 5.75 Å². The zero-order valence-electron chi connectivity index (χ0n) is 10.6. The number of benzene rings is 1. The van der Waals surface area contributed by atoms with E-state index in [9.17, 15) is 0 Å². The van der Waals surface area contributed by atoms with Crippen LogP contribution in [0.3, 0.4) is 0 Å². The molecule has 0 unspecified atom stereocenters. The standard InChI is InChI=1S/C14H8ClN3OS2/c15-10-2-1-3-11(6-10)21-8-12-17-14(19-18-12)13-9(7-16)4-5-20-13/h1-6H,8H2. The molecule has 0 radical (unpaired) electrons. The van der Waals surface area contributed by atoms with Crippen molar-refractivity contribution in [3.8, 4) is 16.8 Å². The summed E-state index contributed by atoms with van der Waals surface area (Å²) in [5.74, 6) is 1.56. The van der Waals surface area contributed by atoms with Crippen molar-refractivity contribution in [3.05, 3.63) is 52.1 Å². The second-order valence-electron chi connectivity index (χ2n) is 4.04. The highest BCUT2D eigenvalue weighted by atomic mass is 35.5. The van der Waals surface area contributed by atoms with Gasteiger partial charge in [-0.05, 0) is 29.6 Å². The van der Waals surface area contributed by atoms with E-state index in [4.69, 9.17) is 21.4 Å². The number of hydrogen-bond acceptors (Lipinski definition) is 6. The molecule has 3 aromatic rings. The van der Waals surface area contributed by atoms with Gasteiger partial charge in [0.25, 0.3) is 5.89 Å². The molecule has 3 rings (SSSR count). The molecule has 2 aromatic heterocycles. The molecule has 2 heterocycles. The minimum atomic E-state index is 0.392. The molecule has 104 valence electrons. The molecular formula is C14H8ClN3OS2. The van der Waals surface area contributed by atoms with Gasteiger partial charge in [-0.15, -0.1) is 23.1 Å². The molecule has 0 spiro atoms. The number of halogens is 1. The van der Waals surface area contributed by atoms with Crippen molar-refractivity contribution < 1.29 is 4.52 Å². The molecule has 1 aromatic carbocycles. The highest BCUT2D eigenvalue weighted by Crippen LogP contribution is 2.29. The predicted octanol–water partition coefficient (Wildman–Crippen LogP) is 4.62. The molecule has 0 aliphatic heterocycles. The smallest absolute Gasteiger partial charge is 0.269 e. The lowest BCUT2D eigenvalue weighted by molar-refractivity contribution is 0.426. The van der Waals surface area contributed by atoms with Crippen LogP contribution in [0.2, 0.25) is 5.02 Å². The molecule has 21 heavy (non-hydrogen) atoms. The summed E-state index contributed by atoms with van der Waals surface area (Å²) in [4.78, 5) is 6.08. The van der Waals surface area contributed by atoms with Gasteiger partial charge in [0, 0.05) is 9.92 Å². The third-order valence-corrected chi connectivity index (χ3v) is 4.74. The summed E-state index contributed by atoms with van der Waals surface area (Å²) in [5.41, 5.74) is 0.553. The molecule has 0 atom stereocenters. The second kappa shape index (κ2) is 6.31. The maximum absolute atomic E-state index is 9.00. The van der Waals surface area contributed by atoms with E-state index in [1.54, 1.807) is 17.8 Å². The van der Waals surface area contributed by atoms with Crippen LogP contribution in [0.1, 0.15) is 11.4 Å². The van der Waals surface area contributed by atoms with Gasteiger partial charge in [0.1, 0.15) is 10.9 Å². The van der Waals surface area contributed by atoms with E-state index in [2.05, 4.69) is 16.2 Å². The van der Waals surface area contributed by atoms with Crippen molar-refractivity contribution >= 4 is 34.7 Å². The molecule has 0 aliphatic carbocycles. The lowest BCUT2D eigenvalue weighted by Gasteiger charge is -1.98. The molecule has 0 aliphatic rings. The van der Waals surface area contributed by atoms with Crippen molar-refractivity contribution in [1.82, 2.24) is 10.1 Å². The third kappa shape index (κ3) is 3.27. The van der Waals surface area contributed by atoms with Crippen LogP contribution in [0, 0.1) is 11.3 Å². The number of nitrogens with zero attached hydrogens (tertiary/aromatic N) is 3. The van der Waals surface area contributed by atoms with E-state index in [0.29, 0.717) is 32.9 Å². The van der Waals surface area contributed by atoms with Crippen LogP contribution in [-0.4, -0.2) is 10.1 Å². The van der Waals surface area contributed by atoms with Gasteiger partial charge in [-0.3, -0.25) is 0 Å². The Kier molecular flexibility index (Phi) is 4.25. The Hall–Kier alpha value is -1.81. The molecule has 0 fully saturated rings. The van der Waals surface area contributed by atoms with E-state index < -0.39 is 0 Å². The van der Waals surface area contributed by atoms with Crippen LogP contribution in [0.25, 0.3) is 10.8 Å². The lowest BCUT2D eigenvalue weighted by atomic mass is 10.3. The zero-order valence-corrected chi connectivity index (χ0v) is 13.0. The molecule has 0 saturated heterocycles. The summed E-state index contributed by atoms with van der Waals surface area (Å²) in [6, 6.07) is 11.4. The largest absolute Gasteiger partial charge is 0.333 e. The summed E-state index contributed by atoms with van der Waals surface area (Å²) >= 11 is 8.93. The maximum Gasteiger partial charge on any atom is 0.269 e. The Morgan fingerprint density at radius 3 is 3.10 bits per heavy atom. The van der Waals surface area contributed by atoms with Crippen molar-refractivity contribution in [2.45, 2.75) is 10.6 Å². The van der Waals surface area contributed by atoms with Crippen LogP contribution < -0.4 is 0 Å². The Bertz CT molecular complexity index is 806. The number of aromatic nitrogens is 2. The van der Waals surface area contributed by atoms with E-state index in [-0.39, 0.29) is 0 Å². The Morgan fingerprint density at radius 2 is 2.29 bits per heavy atom. The van der Waals surface area contributed by atoms with Gasteiger partial charge in [0.15, 0.2) is 5.82 Å². The average Bonchev–Trinajstić information content (AvgIpc) is 3.13. The first-order valence-corrected chi connectivity index (χ1v) is 8.19.